The van der Waals surface area contributed by atoms with Crippen LogP contribution in [0.2, 0.25) is 0 Å². The zero-order valence-corrected chi connectivity index (χ0v) is 12.7. The lowest BCUT2D eigenvalue weighted by Crippen LogP contribution is -2.33. The van der Waals surface area contributed by atoms with E-state index in [1.165, 1.54) is 5.56 Å². The van der Waals surface area contributed by atoms with Gasteiger partial charge in [0.2, 0.25) is 5.95 Å². The number of nitrogens with one attached hydrogen (secondary N) is 2. The predicted molar refractivity (Wildman–Crippen MR) is 90.8 cm³/mol. The Labute approximate surface area is 134 Å². The van der Waals surface area contributed by atoms with E-state index in [1.807, 2.05) is 42.6 Å². The zero-order valence-electron chi connectivity index (χ0n) is 12.7. The van der Waals surface area contributed by atoms with E-state index in [2.05, 4.69) is 32.7 Å². The van der Waals surface area contributed by atoms with Gasteiger partial charge in [0.15, 0.2) is 0 Å². The Morgan fingerprint density at radius 1 is 1.09 bits per heavy atom. The predicted octanol–water partition coefficient (Wildman–Crippen LogP) is 3.03. The van der Waals surface area contributed by atoms with Crippen molar-refractivity contribution in [3.63, 3.8) is 0 Å². The molecule has 1 aliphatic heterocycles. The molecule has 1 aliphatic rings. The Balaban J connectivity index is 1.51. The second-order valence-corrected chi connectivity index (χ2v) is 5.56. The maximum Gasteiger partial charge on any atom is 0.227 e. The average molecular weight is 306 g/mol. The Bertz CT molecular complexity index is 797. The molecule has 2 aromatic carbocycles. The van der Waals surface area contributed by atoms with Crippen LogP contribution >= 0.6 is 0 Å². The summed E-state index contributed by atoms with van der Waals surface area (Å²) in [5.41, 5.74) is 3.08. The van der Waals surface area contributed by atoms with Crippen molar-refractivity contribution >= 4 is 22.5 Å². The van der Waals surface area contributed by atoms with Crippen molar-refractivity contribution in [1.29, 1.82) is 0 Å². The largest absolute Gasteiger partial charge is 0.371 e. The number of fused-ring (bicyclic) bond motifs is 1. The summed E-state index contributed by atoms with van der Waals surface area (Å²) in [6, 6.07) is 16.2. The molecule has 1 fully saturated rings. The molecule has 0 amide bonds. The van der Waals surface area contributed by atoms with Crippen LogP contribution in [0, 0.1) is 0 Å². The van der Waals surface area contributed by atoms with E-state index in [9.17, 15) is 0 Å². The van der Waals surface area contributed by atoms with Crippen molar-refractivity contribution in [2.75, 3.05) is 25.0 Å². The third-order valence-electron chi connectivity index (χ3n) is 3.96. The van der Waals surface area contributed by atoms with E-state index in [1.54, 1.807) is 0 Å². The van der Waals surface area contributed by atoms with Gasteiger partial charge in [-0.2, -0.15) is 0 Å². The number of hydrogen-bond donors (Lipinski definition) is 2. The van der Waals surface area contributed by atoms with Crippen molar-refractivity contribution in [2.45, 2.75) is 6.10 Å². The van der Waals surface area contributed by atoms with Gasteiger partial charge in [0, 0.05) is 30.4 Å². The SMILES string of the molecule is c1ccc2nc(Nc3ccc(C4CNCCO4)cc3)ncc2c1. The van der Waals surface area contributed by atoms with Gasteiger partial charge in [-0.3, -0.25) is 0 Å². The Morgan fingerprint density at radius 2 is 1.96 bits per heavy atom. The van der Waals surface area contributed by atoms with E-state index in [0.29, 0.717) is 5.95 Å². The molecule has 0 radical (unpaired) electrons. The van der Waals surface area contributed by atoms with Crippen LogP contribution in [-0.2, 0) is 4.74 Å². The molecule has 0 aliphatic carbocycles. The third-order valence-corrected chi connectivity index (χ3v) is 3.96. The van der Waals surface area contributed by atoms with Crippen molar-refractivity contribution in [2.24, 2.45) is 0 Å². The molecule has 1 saturated heterocycles. The molecular weight excluding hydrogens is 288 g/mol. The van der Waals surface area contributed by atoms with Gasteiger partial charge in [-0.15, -0.1) is 0 Å². The fourth-order valence-electron chi connectivity index (χ4n) is 2.72. The van der Waals surface area contributed by atoms with E-state index < -0.39 is 0 Å². The Kier molecular flexibility index (Phi) is 3.88. The molecule has 5 heteroatoms. The minimum absolute atomic E-state index is 0.134. The summed E-state index contributed by atoms with van der Waals surface area (Å²) < 4.78 is 5.76. The fourth-order valence-corrected chi connectivity index (χ4v) is 2.72. The lowest BCUT2D eigenvalue weighted by Gasteiger charge is -2.24. The van der Waals surface area contributed by atoms with E-state index in [0.717, 1.165) is 36.3 Å². The smallest absolute Gasteiger partial charge is 0.227 e. The first-order valence-corrected chi connectivity index (χ1v) is 7.79. The van der Waals surface area contributed by atoms with Gasteiger partial charge in [-0.05, 0) is 23.8 Å². The summed E-state index contributed by atoms with van der Waals surface area (Å²) in [6.07, 6.45) is 1.97. The molecule has 4 rings (SSSR count). The normalized spacial score (nSPS) is 18.0. The maximum absolute atomic E-state index is 5.76. The van der Waals surface area contributed by atoms with Crippen molar-refractivity contribution < 1.29 is 4.74 Å². The molecule has 2 N–H and O–H groups in total. The van der Waals surface area contributed by atoms with Crippen LogP contribution in [-0.4, -0.2) is 29.7 Å². The van der Waals surface area contributed by atoms with E-state index in [-0.39, 0.29) is 6.10 Å². The monoisotopic (exact) mass is 306 g/mol. The van der Waals surface area contributed by atoms with Crippen LogP contribution in [0.15, 0.2) is 54.7 Å². The van der Waals surface area contributed by atoms with E-state index >= 15 is 0 Å². The summed E-state index contributed by atoms with van der Waals surface area (Å²) >= 11 is 0. The molecular formula is C18H18N4O. The first-order chi connectivity index (χ1) is 11.4. The van der Waals surface area contributed by atoms with Crippen molar-refractivity contribution in [1.82, 2.24) is 15.3 Å². The number of aromatic nitrogens is 2. The van der Waals surface area contributed by atoms with Gasteiger partial charge < -0.3 is 15.4 Å². The molecule has 0 spiro atoms. The summed E-state index contributed by atoms with van der Waals surface area (Å²) in [5, 5.41) is 7.63. The second-order valence-electron chi connectivity index (χ2n) is 5.56. The van der Waals surface area contributed by atoms with Gasteiger partial charge in [-0.1, -0.05) is 30.3 Å². The molecule has 2 heterocycles. The summed E-state index contributed by atoms with van der Waals surface area (Å²) in [7, 11) is 0. The molecule has 3 aromatic rings. The van der Waals surface area contributed by atoms with Gasteiger partial charge in [-0.25, -0.2) is 9.97 Å². The lowest BCUT2D eigenvalue weighted by molar-refractivity contribution is 0.0277. The number of anilines is 2. The van der Waals surface area contributed by atoms with Crippen LogP contribution in [0.4, 0.5) is 11.6 Å². The summed E-state index contributed by atoms with van der Waals surface area (Å²) in [5.74, 6) is 0.604. The number of nitrogens with zero attached hydrogens (tertiary/aromatic N) is 2. The first-order valence-electron chi connectivity index (χ1n) is 7.79. The molecule has 23 heavy (non-hydrogen) atoms. The van der Waals surface area contributed by atoms with Gasteiger partial charge >= 0.3 is 0 Å². The topological polar surface area (TPSA) is 59.1 Å². The minimum Gasteiger partial charge on any atom is -0.371 e. The number of hydrogen-bond acceptors (Lipinski definition) is 5. The van der Waals surface area contributed by atoms with E-state index in [4.69, 9.17) is 4.74 Å². The number of para-hydroxylation sites is 1. The molecule has 1 unspecified atom stereocenters. The van der Waals surface area contributed by atoms with Crippen LogP contribution in [0.5, 0.6) is 0 Å². The van der Waals surface area contributed by atoms with Crippen LogP contribution in [0.3, 0.4) is 0 Å². The molecule has 0 saturated carbocycles. The molecule has 5 nitrogen and oxygen atoms in total. The molecule has 0 bridgehead atoms. The minimum atomic E-state index is 0.134. The molecule has 1 aromatic heterocycles. The highest BCUT2D eigenvalue weighted by Crippen LogP contribution is 2.22. The number of benzene rings is 2. The van der Waals surface area contributed by atoms with Crippen molar-refractivity contribution in [3.8, 4) is 0 Å². The highest BCUT2D eigenvalue weighted by Gasteiger charge is 2.15. The zero-order chi connectivity index (χ0) is 15.5. The summed E-state index contributed by atoms with van der Waals surface area (Å²) in [6.45, 7) is 2.55. The number of morpholine rings is 1. The second kappa shape index (κ2) is 6.32. The van der Waals surface area contributed by atoms with Crippen LogP contribution in [0.25, 0.3) is 10.9 Å². The van der Waals surface area contributed by atoms with Gasteiger partial charge in [0.05, 0.1) is 18.2 Å². The van der Waals surface area contributed by atoms with Crippen LogP contribution in [0.1, 0.15) is 11.7 Å². The standard InChI is InChI=1S/C18H18N4O/c1-2-4-16-14(3-1)11-20-18(22-16)21-15-7-5-13(6-8-15)17-12-19-9-10-23-17/h1-8,11,17,19H,9-10,12H2,(H,20,21,22). The summed E-state index contributed by atoms with van der Waals surface area (Å²) in [4.78, 5) is 8.88. The van der Waals surface area contributed by atoms with Crippen LogP contribution < -0.4 is 10.6 Å². The fraction of sp³-hybridized carbons (Fsp3) is 0.222. The molecule has 116 valence electrons. The van der Waals surface area contributed by atoms with Gasteiger partial charge in [0.25, 0.3) is 0 Å². The highest BCUT2D eigenvalue weighted by atomic mass is 16.5. The highest BCUT2D eigenvalue weighted by molar-refractivity contribution is 5.78. The first kappa shape index (κ1) is 14.1. The maximum atomic E-state index is 5.76. The number of rotatable bonds is 3. The van der Waals surface area contributed by atoms with Crippen molar-refractivity contribution in [3.05, 3.63) is 60.3 Å². The quantitative estimate of drug-likeness (QED) is 0.779. The Hall–Kier alpha value is -2.50. The third kappa shape index (κ3) is 3.16. The Morgan fingerprint density at radius 3 is 2.78 bits per heavy atom. The number of ether oxygens (including phenoxy) is 1. The lowest BCUT2D eigenvalue weighted by atomic mass is 10.1. The average Bonchev–Trinajstić information content (AvgIpc) is 2.63. The molecule has 1 atom stereocenters. The van der Waals surface area contributed by atoms with Gasteiger partial charge in [0.1, 0.15) is 0 Å².